The topological polar surface area (TPSA) is 32.3 Å². The summed E-state index contributed by atoms with van der Waals surface area (Å²) < 4.78 is 0. The Morgan fingerprint density at radius 1 is 1.61 bits per heavy atom. The van der Waals surface area contributed by atoms with Gasteiger partial charge in [0.25, 0.3) is 0 Å². The van der Waals surface area contributed by atoms with Crippen molar-refractivity contribution in [2.24, 2.45) is 5.92 Å². The van der Waals surface area contributed by atoms with Crippen LogP contribution < -0.4 is 5.32 Å². The predicted octanol–water partition coefficient (Wildman–Crippen LogP) is 2.57. The van der Waals surface area contributed by atoms with Gasteiger partial charge in [0.2, 0.25) is 5.91 Å². The van der Waals surface area contributed by atoms with Gasteiger partial charge in [-0.25, -0.2) is 0 Å². The van der Waals surface area contributed by atoms with Crippen LogP contribution in [0.5, 0.6) is 0 Å². The molecule has 1 aromatic heterocycles. The fourth-order valence-electron chi connectivity index (χ4n) is 2.35. The lowest BCUT2D eigenvalue weighted by molar-refractivity contribution is -0.130. The van der Waals surface area contributed by atoms with Gasteiger partial charge in [0.15, 0.2) is 0 Å². The van der Waals surface area contributed by atoms with Crippen molar-refractivity contribution < 1.29 is 4.79 Å². The van der Waals surface area contributed by atoms with Crippen LogP contribution in [0.4, 0.5) is 0 Å². The summed E-state index contributed by atoms with van der Waals surface area (Å²) >= 11 is 3.52. The number of thioether (sulfide) groups is 1. The SMILES string of the molecule is CSCC(C)CN1C(=O)C(C)NC1c1ccsc1. The fraction of sp³-hybridized carbons (Fsp3) is 0.615. The van der Waals surface area contributed by atoms with E-state index in [0.717, 1.165) is 12.3 Å². The van der Waals surface area contributed by atoms with Gasteiger partial charge in [-0.05, 0) is 47.2 Å². The molecule has 0 aliphatic carbocycles. The first-order valence-corrected chi connectivity index (χ1v) is 8.54. The Morgan fingerprint density at radius 3 is 3.00 bits per heavy atom. The van der Waals surface area contributed by atoms with Gasteiger partial charge in [0, 0.05) is 6.54 Å². The molecular formula is C13H20N2OS2. The molecular weight excluding hydrogens is 264 g/mol. The first-order chi connectivity index (χ1) is 8.63. The first-order valence-electron chi connectivity index (χ1n) is 6.21. The summed E-state index contributed by atoms with van der Waals surface area (Å²) in [6, 6.07) is 2.02. The summed E-state index contributed by atoms with van der Waals surface area (Å²) in [4.78, 5) is 14.2. The molecule has 1 N–H and O–H groups in total. The number of thiophene rings is 1. The minimum atomic E-state index is -0.0728. The molecule has 1 aliphatic rings. The van der Waals surface area contributed by atoms with Crippen LogP contribution in [0.15, 0.2) is 16.8 Å². The van der Waals surface area contributed by atoms with Crippen molar-refractivity contribution in [3.63, 3.8) is 0 Å². The van der Waals surface area contributed by atoms with Crippen LogP contribution in [0.3, 0.4) is 0 Å². The second-order valence-corrected chi connectivity index (χ2v) is 6.59. The van der Waals surface area contributed by atoms with Crippen molar-refractivity contribution in [3.8, 4) is 0 Å². The lowest BCUT2D eigenvalue weighted by atomic mass is 10.1. The number of carbonyl (C=O) groups excluding carboxylic acids is 1. The van der Waals surface area contributed by atoms with E-state index in [-0.39, 0.29) is 18.1 Å². The smallest absolute Gasteiger partial charge is 0.241 e. The fourth-order valence-corrected chi connectivity index (χ4v) is 3.70. The average molecular weight is 284 g/mol. The van der Waals surface area contributed by atoms with Crippen molar-refractivity contribution in [2.45, 2.75) is 26.1 Å². The van der Waals surface area contributed by atoms with Crippen molar-refractivity contribution in [3.05, 3.63) is 22.4 Å². The van der Waals surface area contributed by atoms with E-state index in [1.807, 2.05) is 23.6 Å². The molecule has 3 unspecified atom stereocenters. The van der Waals surface area contributed by atoms with E-state index in [1.165, 1.54) is 5.56 Å². The zero-order valence-electron chi connectivity index (χ0n) is 11.1. The molecule has 5 heteroatoms. The normalized spacial score (nSPS) is 25.7. The van der Waals surface area contributed by atoms with Crippen LogP contribution in [0, 0.1) is 5.92 Å². The number of rotatable bonds is 5. The molecule has 0 bridgehead atoms. The largest absolute Gasteiger partial charge is 0.321 e. The Bertz CT molecular complexity index is 394. The molecule has 100 valence electrons. The molecule has 0 saturated carbocycles. The van der Waals surface area contributed by atoms with Crippen LogP contribution in [0.2, 0.25) is 0 Å². The molecule has 3 nitrogen and oxygen atoms in total. The highest BCUT2D eigenvalue weighted by atomic mass is 32.2. The molecule has 1 fully saturated rings. The van der Waals surface area contributed by atoms with E-state index in [0.29, 0.717) is 5.92 Å². The second-order valence-electron chi connectivity index (χ2n) is 4.90. The quantitative estimate of drug-likeness (QED) is 0.902. The Morgan fingerprint density at radius 2 is 2.39 bits per heavy atom. The predicted molar refractivity (Wildman–Crippen MR) is 78.9 cm³/mol. The van der Waals surface area contributed by atoms with Crippen molar-refractivity contribution in [1.29, 1.82) is 0 Å². The van der Waals surface area contributed by atoms with Crippen LogP contribution in [0.1, 0.15) is 25.6 Å². The summed E-state index contributed by atoms with van der Waals surface area (Å²) in [6.07, 6.45) is 2.17. The standard InChI is InChI=1S/C13H20N2OS2/c1-9(7-17-3)6-15-12(11-4-5-18-8-11)14-10(2)13(15)16/h4-5,8-10,12,14H,6-7H2,1-3H3. The second kappa shape index (κ2) is 6.08. The zero-order chi connectivity index (χ0) is 13.1. The van der Waals surface area contributed by atoms with E-state index in [2.05, 4.69) is 35.3 Å². The van der Waals surface area contributed by atoms with Crippen LogP contribution in [0.25, 0.3) is 0 Å². The Balaban J connectivity index is 2.11. The van der Waals surface area contributed by atoms with Crippen molar-refractivity contribution in [1.82, 2.24) is 10.2 Å². The molecule has 1 aliphatic heterocycles. The van der Waals surface area contributed by atoms with Gasteiger partial charge >= 0.3 is 0 Å². The summed E-state index contributed by atoms with van der Waals surface area (Å²) in [7, 11) is 0. The van der Waals surface area contributed by atoms with E-state index in [1.54, 1.807) is 11.3 Å². The summed E-state index contributed by atoms with van der Waals surface area (Å²) in [6.45, 7) is 4.98. The van der Waals surface area contributed by atoms with Gasteiger partial charge in [-0.15, -0.1) is 0 Å². The molecule has 2 heterocycles. The van der Waals surface area contributed by atoms with Gasteiger partial charge in [-0.1, -0.05) is 6.92 Å². The lowest BCUT2D eigenvalue weighted by Crippen LogP contribution is -2.34. The molecule has 18 heavy (non-hydrogen) atoms. The van der Waals surface area contributed by atoms with Gasteiger partial charge in [0.1, 0.15) is 6.17 Å². The third-order valence-electron chi connectivity index (χ3n) is 3.19. The highest BCUT2D eigenvalue weighted by Crippen LogP contribution is 2.28. The number of amides is 1. The summed E-state index contributed by atoms with van der Waals surface area (Å²) in [5.41, 5.74) is 1.20. The molecule has 0 radical (unpaired) electrons. The zero-order valence-corrected chi connectivity index (χ0v) is 12.7. The van der Waals surface area contributed by atoms with E-state index in [9.17, 15) is 4.79 Å². The highest BCUT2D eigenvalue weighted by Gasteiger charge is 2.37. The Labute approximate surface area is 117 Å². The molecule has 0 aromatic carbocycles. The van der Waals surface area contributed by atoms with Crippen LogP contribution >= 0.6 is 23.1 Å². The minimum Gasteiger partial charge on any atom is -0.321 e. The van der Waals surface area contributed by atoms with Crippen LogP contribution in [-0.2, 0) is 4.79 Å². The molecule has 1 saturated heterocycles. The molecule has 2 rings (SSSR count). The number of nitrogens with one attached hydrogen (secondary N) is 1. The maximum atomic E-state index is 12.2. The number of hydrogen-bond donors (Lipinski definition) is 1. The van der Waals surface area contributed by atoms with Gasteiger partial charge in [-0.2, -0.15) is 23.1 Å². The maximum Gasteiger partial charge on any atom is 0.241 e. The monoisotopic (exact) mass is 284 g/mol. The Hall–Kier alpha value is -0.520. The van der Waals surface area contributed by atoms with Gasteiger partial charge in [0.05, 0.1) is 6.04 Å². The van der Waals surface area contributed by atoms with Gasteiger partial charge in [-0.3, -0.25) is 10.1 Å². The molecule has 3 atom stereocenters. The van der Waals surface area contributed by atoms with E-state index >= 15 is 0 Å². The number of carbonyl (C=O) groups is 1. The number of hydrogen-bond acceptors (Lipinski definition) is 4. The van der Waals surface area contributed by atoms with Crippen LogP contribution in [-0.4, -0.2) is 35.4 Å². The van der Waals surface area contributed by atoms with E-state index in [4.69, 9.17) is 0 Å². The third-order valence-corrected chi connectivity index (χ3v) is 4.80. The highest BCUT2D eigenvalue weighted by molar-refractivity contribution is 7.98. The van der Waals surface area contributed by atoms with Crippen molar-refractivity contribution in [2.75, 3.05) is 18.6 Å². The molecule has 1 amide bonds. The lowest BCUT2D eigenvalue weighted by Gasteiger charge is -2.26. The molecule has 1 aromatic rings. The molecule has 0 spiro atoms. The summed E-state index contributed by atoms with van der Waals surface area (Å²) in [5.74, 6) is 1.84. The number of nitrogens with zero attached hydrogens (tertiary/aromatic N) is 1. The van der Waals surface area contributed by atoms with E-state index < -0.39 is 0 Å². The Kier molecular flexibility index (Phi) is 4.70. The van der Waals surface area contributed by atoms with Crippen molar-refractivity contribution >= 4 is 29.0 Å². The summed E-state index contributed by atoms with van der Waals surface area (Å²) in [5, 5.41) is 7.56. The average Bonchev–Trinajstić information content (AvgIpc) is 2.93. The van der Waals surface area contributed by atoms with Gasteiger partial charge < -0.3 is 4.90 Å². The minimum absolute atomic E-state index is 0.0584. The first kappa shape index (κ1) is 13.9. The maximum absolute atomic E-state index is 12.2. The third kappa shape index (κ3) is 2.90.